The molecule has 27 heavy (non-hydrogen) atoms. The number of rotatable bonds is 5. The van der Waals surface area contributed by atoms with Crippen molar-refractivity contribution in [3.05, 3.63) is 52.7 Å². The zero-order valence-corrected chi connectivity index (χ0v) is 15.0. The number of ketones is 1. The molecule has 1 saturated heterocycles. The maximum atomic E-state index is 12.5. The lowest BCUT2D eigenvalue weighted by molar-refractivity contribution is -0.00445. The molecule has 5 rings (SSSR count). The van der Waals surface area contributed by atoms with Crippen LogP contribution in [0.25, 0.3) is 11.4 Å². The lowest BCUT2D eigenvalue weighted by atomic mass is 9.93. The fraction of sp³-hybridized carbons (Fsp3) is 0.400. The highest BCUT2D eigenvalue weighted by Crippen LogP contribution is 2.38. The number of Topliss-reactive ketones (excluding diaryl/α,β-unsaturated/α-hetero) is 1. The Hall–Kier alpha value is -2.80. The summed E-state index contributed by atoms with van der Waals surface area (Å²) < 4.78 is 15.6. The molecule has 1 aliphatic heterocycles. The zero-order valence-electron chi connectivity index (χ0n) is 15.0. The van der Waals surface area contributed by atoms with Crippen molar-refractivity contribution < 1.29 is 18.6 Å². The van der Waals surface area contributed by atoms with Crippen LogP contribution < -0.4 is 0 Å². The molecule has 3 aromatic rings. The van der Waals surface area contributed by atoms with Crippen molar-refractivity contribution in [2.45, 2.75) is 38.0 Å². The van der Waals surface area contributed by atoms with Crippen molar-refractivity contribution in [2.24, 2.45) is 0 Å². The van der Waals surface area contributed by atoms with Gasteiger partial charge in [0.25, 0.3) is 0 Å². The molecule has 0 spiro atoms. The Morgan fingerprint density at radius 2 is 2.15 bits per heavy atom. The first-order valence-electron chi connectivity index (χ1n) is 9.18. The Kier molecular flexibility index (Phi) is 3.89. The molecule has 1 atom stereocenters. The third kappa shape index (κ3) is 2.88. The van der Waals surface area contributed by atoms with E-state index in [-0.39, 0.29) is 17.6 Å². The smallest absolute Gasteiger partial charge is 0.234 e. The number of benzene rings is 1. The van der Waals surface area contributed by atoms with Gasteiger partial charge in [0.2, 0.25) is 23.3 Å². The van der Waals surface area contributed by atoms with E-state index in [9.17, 15) is 4.79 Å². The first-order chi connectivity index (χ1) is 13.2. The van der Waals surface area contributed by atoms with Gasteiger partial charge in [0.05, 0.1) is 25.3 Å². The van der Waals surface area contributed by atoms with Gasteiger partial charge in [-0.2, -0.15) is 4.98 Å². The molecule has 1 aliphatic carbocycles. The Balaban J connectivity index is 1.35. The van der Waals surface area contributed by atoms with Crippen LogP contribution in [-0.4, -0.2) is 34.3 Å². The summed E-state index contributed by atoms with van der Waals surface area (Å²) >= 11 is 0. The molecule has 7 heteroatoms. The summed E-state index contributed by atoms with van der Waals surface area (Å²) in [6.45, 7) is 3.13. The second-order valence-electron chi connectivity index (χ2n) is 7.31. The highest BCUT2D eigenvalue weighted by Gasteiger charge is 2.29. The number of aromatic nitrogens is 3. The van der Waals surface area contributed by atoms with E-state index in [1.165, 1.54) is 11.1 Å². The van der Waals surface area contributed by atoms with E-state index < -0.39 is 0 Å². The molecule has 2 aromatic heterocycles. The molecule has 138 valence electrons. The average Bonchev–Trinajstić information content (AvgIpc) is 3.33. The van der Waals surface area contributed by atoms with E-state index in [4.69, 9.17) is 13.8 Å². The number of hydrogen-bond acceptors (Lipinski definition) is 7. The van der Waals surface area contributed by atoms with E-state index in [1.54, 1.807) is 6.20 Å². The van der Waals surface area contributed by atoms with Crippen LogP contribution in [0.5, 0.6) is 0 Å². The summed E-state index contributed by atoms with van der Waals surface area (Å²) in [6, 6.07) is 6.21. The fourth-order valence-electron chi connectivity index (χ4n) is 3.83. The first-order valence-corrected chi connectivity index (χ1v) is 9.18. The molecule has 1 aromatic carbocycles. The SMILES string of the molecule is Cc1cnoc1C(=O)C[C@@H]1CCc2cc(-c3noc(C4COC4)n3)ccc21. The number of carbonyl (C=O) groups excluding carboxylic acids is 1. The summed E-state index contributed by atoms with van der Waals surface area (Å²) in [4.78, 5) is 17.0. The number of ether oxygens (including phenoxy) is 1. The van der Waals surface area contributed by atoms with Crippen LogP contribution in [0.2, 0.25) is 0 Å². The van der Waals surface area contributed by atoms with Crippen LogP contribution in [0.3, 0.4) is 0 Å². The Labute approximate surface area is 155 Å². The molecule has 2 aliphatic rings. The molecule has 3 heterocycles. The van der Waals surface area contributed by atoms with E-state index in [1.807, 2.05) is 13.0 Å². The van der Waals surface area contributed by atoms with Gasteiger partial charge >= 0.3 is 0 Å². The monoisotopic (exact) mass is 365 g/mol. The van der Waals surface area contributed by atoms with Crippen LogP contribution in [0, 0.1) is 6.92 Å². The largest absolute Gasteiger partial charge is 0.380 e. The van der Waals surface area contributed by atoms with E-state index in [0.717, 1.165) is 24.0 Å². The van der Waals surface area contributed by atoms with Gasteiger partial charge in [0.15, 0.2) is 0 Å². The summed E-state index contributed by atoms with van der Waals surface area (Å²) in [5.41, 5.74) is 4.21. The third-order valence-electron chi connectivity index (χ3n) is 5.47. The molecule has 0 radical (unpaired) electrons. The van der Waals surface area contributed by atoms with Gasteiger partial charge in [-0.1, -0.05) is 22.4 Å². The molecule has 0 saturated carbocycles. The van der Waals surface area contributed by atoms with Crippen LogP contribution in [-0.2, 0) is 11.2 Å². The number of aryl methyl sites for hydroxylation is 2. The highest BCUT2D eigenvalue weighted by molar-refractivity contribution is 5.95. The van der Waals surface area contributed by atoms with Crippen molar-refractivity contribution in [2.75, 3.05) is 13.2 Å². The standard InChI is InChI=1S/C20H19N3O4/c1-11-8-21-26-18(11)17(24)7-13-3-2-12-6-14(4-5-16(12)13)19-22-20(27-23-19)15-9-25-10-15/h4-6,8,13,15H,2-3,7,9-10H2,1H3/t13-/m0/s1. The van der Waals surface area contributed by atoms with Crippen molar-refractivity contribution in [3.8, 4) is 11.4 Å². The molecule has 7 nitrogen and oxygen atoms in total. The van der Waals surface area contributed by atoms with Gasteiger partial charge in [0.1, 0.15) is 0 Å². The van der Waals surface area contributed by atoms with Gasteiger partial charge in [-0.25, -0.2) is 0 Å². The summed E-state index contributed by atoms with van der Waals surface area (Å²) in [7, 11) is 0. The highest BCUT2D eigenvalue weighted by atomic mass is 16.5. The normalized spacial score (nSPS) is 19.1. The van der Waals surface area contributed by atoms with E-state index >= 15 is 0 Å². The first kappa shape index (κ1) is 16.4. The topological polar surface area (TPSA) is 91.2 Å². The quantitative estimate of drug-likeness (QED) is 0.640. The van der Waals surface area contributed by atoms with Crippen molar-refractivity contribution in [1.82, 2.24) is 15.3 Å². The van der Waals surface area contributed by atoms with Gasteiger partial charge < -0.3 is 13.8 Å². The molecule has 1 fully saturated rings. The number of nitrogens with zero attached hydrogens (tertiary/aromatic N) is 3. The minimum atomic E-state index is 0.0115. The van der Waals surface area contributed by atoms with Crippen molar-refractivity contribution >= 4 is 5.78 Å². The van der Waals surface area contributed by atoms with Crippen LogP contribution in [0.1, 0.15) is 57.8 Å². The summed E-state index contributed by atoms with van der Waals surface area (Å²) in [6.07, 6.45) is 3.92. The lowest BCUT2D eigenvalue weighted by Crippen LogP contribution is -2.25. The Bertz CT molecular complexity index is 1000. The predicted molar refractivity (Wildman–Crippen MR) is 94.5 cm³/mol. The third-order valence-corrected chi connectivity index (χ3v) is 5.47. The molecular weight excluding hydrogens is 346 g/mol. The minimum absolute atomic E-state index is 0.0115. The van der Waals surface area contributed by atoms with Crippen LogP contribution in [0.15, 0.2) is 33.4 Å². The lowest BCUT2D eigenvalue weighted by Gasteiger charge is -2.21. The number of fused-ring (bicyclic) bond motifs is 1. The number of carbonyl (C=O) groups is 1. The summed E-state index contributed by atoms with van der Waals surface area (Å²) in [5.74, 6) is 2.06. The van der Waals surface area contributed by atoms with E-state index in [0.29, 0.717) is 37.1 Å². The zero-order chi connectivity index (χ0) is 18.4. The maximum Gasteiger partial charge on any atom is 0.234 e. The van der Waals surface area contributed by atoms with Crippen LogP contribution in [0.4, 0.5) is 0 Å². The second kappa shape index (κ2) is 6.42. The minimum Gasteiger partial charge on any atom is -0.380 e. The predicted octanol–water partition coefficient (Wildman–Crippen LogP) is 3.45. The fourth-order valence-corrected chi connectivity index (χ4v) is 3.83. The van der Waals surface area contributed by atoms with Crippen molar-refractivity contribution in [1.29, 1.82) is 0 Å². The average molecular weight is 365 g/mol. The van der Waals surface area contributed by atoms with Crippen LogP contribution >= 0.6 is 0 Å². The van der Waals surface area contributed by atoms with Gasteiger partial charge in [-0.3, -0.25) is 4.79 Å². The molecule has 0 N–H and O–H groups in total. The van der Waals surface area contributed by atoms with E-state index in [2.05, 4.69) is 27.4 Å². The van der Waals surface area contributed by atoms with Gasteiger partial charge in [0, 0.05) is 17.5 Å². The Morgan fingerprint density at radius 3 is 2.89 bits per heavy atom. The van der Waals surface area contributed by atoms with Gasteiger partial charge in [-0.05, 0) is 42.9 Å². The second-order valence-corrected chi connectivity index (χ2v) is 7.31. The molecule has 0 amide bonds. The van der Waals surface area contributed by atoms with Crippen molar-refractivity contribution in [3.63, 3.8) is 0 Å². The molecular formula is C20H19N3O4. The molecule has 0 bridgehead atoms. The number of hydrogen-bond donors (Lipinski definition) is 0. The Morgan fingerprint density at radius 1 is 1.26 bits per heavy atom. The molecule has 0 unspecified atom stereocenters. The maximum absolute atomic E-state index is 12.5. The van der Waals surface area contributed by atoms with Gasteiger partial charge in [-0.15, -0.1) is 0 Å². The summed E-state index contributed by atoms with van der Waals surface area (Å²) in [5, 5.41) is 7.82.